The topological polar surface area (TPSA) is 0 Å². The Morgan fingerprint density at radius 2 is 1.60 bits per heavy atom. The monoisotopic (exact) mass is 286 g/mol. The first-order chi connectivity index (χ1) is 2.00. The fourth-order valence-electron chi connectivity index (χ4n) is 0. The zero-order valence-corrected chi connectivity index (χ0v) is 8.04. The van der Waals surface area contributed by atoms with Crippen LogP contribution in [-0.4, -0.2) is 9.12 Å². The van der Waals surface area contributed by atoms with Gasteiger partial charge in [-0.3, -0.25) is 0 Å². The van der Waals surface area contributed by atoms with Crippen molar-refractivity contribution in [2.45, 2.75) is 0 Å². The van der Waals surface area contributed by atoms with E-state index in [0.717, 1.165) is 0 Å². The summed E-state index contributed by atoms with van der Waals surface area (Å²) in [5.74, 6) is 0. The van der Waals surface area contributed by atoms with Crippen LogP contribution in [0.2, 0.25) is 0 Å². The van der Waals surface area contributed by atoms with E-state index < -0.39 is 9.12 Å². The Labute approximate surface area is 50.3 Å². The fourth-order valence-corrected chi connectivity index (χ4v) is 0. The molecule has 0 aromatic heterocycles. The molecule has 0 saturated heterocycles. The van der Waals surface area contributed by atoms with E-state index in [1.54, 1.807) is 0 Å². The molecule has 0 aliphatic carbocycles. The molecule has 0 fully saturated rings. The third-order valence-electron chi connectivity index (χ3n) is 0. The van der Waals surface area contributed by atoms with Crippen LogP contribution >= 0.6 is 38.0 Å². The first-order valence-corrected chi connectivity index (χ1v) is 14.1. The van der Waals surface area contributed by atoms with Crippen molar-refractivity contribution in [3.05, 3.63) is 0 Å². The standard InChI is InChI=1S/Br2ClFGe/c1-5(2,3)4. The molecule has 0 saturated carbocycles. The molecule has 0 amide bonds. The average molecular weight is 287 g/mol. The van der Waals surface area contributed by atoms with Crippen molar-refractivity contribution in [1.82, 2.24) is 0 Å². The van der Waals surface area contributed by atoms with Crippen LogP contribution in [0.4, 0.5) is 3.50 Å². The van der Waals surface area contributed by atoms with Crippen molar-refractivity contribution in [2.24, 2.45) is 0 Å². The Hall–Kier alpha value is 1.72. The third-order valence-corrected chi connectivity index (χ3v) is 0. The minimum atomic E-state index is -3.40. The molecule has 0 heterocycles. The Morgan fingerprint density at radius 1 is 1.60 bits per heavy atom. The second-order valence-electron chi connectivity index (χ2n) is 0.429. The van der Waals surface area contributed by atoms with E-state index >= 15 is 0 Å². The van der Waals surface area contributed by atoms with Crippen molar-refractivity contribution >= 4 is 47.1 Å². The molecule has 0 atom stereocenters. The molecule has 5 heavy (non-hydrogen) atoms. The van der Waals surface area contributed by atoms with Gasteiger partial charge in [0.25, 0.3) is 0 Å². The normalized spacial score (nSPS) is 12.0. The molecule has 0 spiro atoms. The van der Waals surface area contributed by atoms with E-state index in [0.29, 0.717) is 0 Å². The number of rotatable bonds is 0. The van der Waals surface area contributed by atoms with E-state index in [9.17, 15) is 3.50 Å². The van der Waals surface area contributed by atoms with Gasteiger partial charge in [-0.2, -0.15) is 0 Å². The maximum atomic E-state index is 11.5. The van der Waals surface area contributed by atoms with Crippen molar-refractivity contribution in [3.63, 3.8) is 0 Å². The van der Waals surface area contributed by atoms with Crippen LogP contribution in [0.5, 0.6) is 0 Å². The van der Waals surface area contributed by atoms with Crippen LogP contribution in [0.15, 0.2) is 0 Å². The summed E-state index contributed by atoms with van der Waals surface area (Å²) in [6, 6.07) is 0. The molecule has 5 heteroatoms. The fraction of sp³-hybridized carbons (Fsp3) is 0. The van der Waals surface area contributed by atoms with Crippen LogP contribution in [-0.2, 0) is 0 Å². The number of halogens is 4. The van der Waals surface area contributed by atoms with Gasteiger partial charge in [0.1, 0.15) is 0 Å². The van der Waals surface area contributed by atoms with Crippen molar-refractivity contribution in [3.8, 4) is 0 Å². The zero-order chi connectivity index (χ0) is 4.50. The summed E-state index contributed by atoms with van der Waals surface area (Å²) in [4.78, 5) is 0. The molecule has 0 aliphatic heterocycles. The quantitative estimate of drug-likeness (QED) is 0.600. The predicted molar refractivity (Wildman–Crippen MR) is 30.6 cm³/mol. The van der Waals surface area contributed by atoms with Crippen LogP contribution in [0.1, 0.15) is 0 Å². The minimum absolute atomic E-state index is 2.58. The Balaban J connectivity index is 3.02. The van der Waals surface area contributed by atoms with Gasteiger partial charge in [-0.1, -0.05) is 0 Å². The molecule has 0 nitrogen and oxygen atoms in total. The summed E-state index contributed by atoms with van der Waals surface area (Å²) < 4.78 is 11.5. The van der Waals surface area contributed by atoms with Gasteiger partial charge in [-0.15, -0.1) is 0 Å². The van der Waals surface area contributed by atoms with Gasteiger partial charge in [-0.05, 0) is 0 Å². The number of hydrogen-bond acceptors (Lipinski definition) is 0. The molecule has 32 valence electrons. The van der Waals surface area contributed by atoms with Gasteiger partial charge in [-0.25, -0.2) is 0 Å². The molecular weight excluding hydrogens is 287 g/mol. The van der Waals surface area contributed by atoms with Gasteiger partial charge in [0, 0.05) is 0 Å². The van der Waals surface area contributed by atoms with Crippen LogP contribution in [0, 0.1) is 0 Å². The van der Waals surface area contributed by atoms with E-state index in [1.165, 1.54) is 0 Å². The summed E-state index contributed by atoms with van der Waals surface area (Å²) in [6.07, 6.45) is 0. The Morgan fingerprint density at radius 3 is 1.60 bits per heavy atom. The Bertz CT molecular complexity index is 25.1. The molecule has 0 aromatic rings. The maximum absolute atomic E-state index is 11.5. The molecule has 0 N–H and O–H groups in total. The van der Waals surface area contributed by atoms with Gasteiger partial charge in [0.15, 0.2) is 0 Å². The second kappa shape index (κ2) is 2.14. The molecule has 0 rings (SSSR count). The number of hydrogen-bond donors (Lipinski definition) is 0. The van der Waals surface area contributed by atoms with Crippen molar-refractivity contribution in [1.29, 1.82) is 0 Å². The van der Waals surface area contributed by atoms with Crippen LogP contribution in [0.3, 0.4) is 0 Å². The SMILES string of the molecule is [F][Ge]([Cl])([Br])[Br]. The van der Waals surface area contributed by atoms with Crippen LogP contribution < -0.4 is 0 Å². The summed E-state index contributed by atoms with van der Waals surface area (Å²) in [5, 5.41) is 0. The predicted octanol–water partition coefficient (Wildman–Crippen LogP) is 2.42. The molecule has 0 aliphatic rings. The van der Waals surface area contributed by atoms with E-state index in [4.69, 9.17) is 10.0 Å². The van der Waals surface area contributed by atoms with E-state index in [2.05, 4.69) is 28.0 Å². The molecular formula is Br2ClFGe. The molecule has 0 radical (unpaired) electrons. The zero-order valence-electron chi connectivity index (χ0n) is 2.01. The van der Waals surface area contributed by atoms with E-state index in [-0.39, 0.29) is 0 Å². The van der Waals surface area contributed by atoms with E-state index in [1.807, 2.05) is 0 Å². The van der Waals surface area contributed by atoms with Gasteiger partial charge >= 0.3 is 50.6 Å². The molecule has 0 aromatic carbocycles. The summed E-state index contributed by atoms with van der Waals surface area (Å²) in [6.45, 7) is 0. The van der Waals surface area contributed by atoms with Gasteiger partial charge in [0.05, 0.1) is 0 Å². The summed E-state index contributed by atoms with van der Waals surface area (Å²) in [7, 11) is 1.48. The van der Waals surface area contributed by atoms with Crippen LogP contribution in [0.25, 0.3) is 0 Å². The molecule has 0 unspecified atom stereocenters. The second-order valence-corrected chi connectivity index (χ2v) is 26.6. The van der Waals surface area contributed by atoms with Crippen molar-refractivity contribution in [2.75, 3.05) is 0 Å². The summed E-state index contributed by atoms with van der Waals surface area (Å²) in [5.41, 5.74) is 0. The van der Waals surface area contributed by atoms with Gasteiger partial charge in [0.2, 0.25) is 0 Å². The first kappa shape index (κ1) is 6.72. The summed E-state index contributed by atoms with van der Waals surface area (Å²) >= 11 is 5.16. The molecule has 0 bridgehead atoms. The van der Waals surface area contributed by atoms with Crippen molar-refractivity contribution < 1.29 is 3.50 Å². The average Bonchev–Trinajstić information content (AvgIpc) is 0.722. The Kier molecular flexibility index (Phi) is 2.88. The first-order valence-electron chi connectivity index (χ1n) is 0.756. The van der Waals surface area contributed by atoms with Gasteiger partial charge < -0.3 is 0 Å². The third kappa shape index (κ3) is 26.7.